The first kappa shape index (κ1) is 4.04. The van der Waals surface area contributed by atoms with Gasteiger partial charge in [0, 0.05) is 0 Å². The maximum atomic E-state index is 8.99. The highest BCUT2D eigenvalue weighted by Crippen LogP contribution is 1.42. The largest absolute Gasteiger partial charge is 0.393 e. The molecule has 4 heteroatoms. The second-order valence-corrected chi connectivity index (χ2v) is 1.12. The molecule has 0 aliphatic rings. The molecule has 0 rings (SSSR count). The van der Waals surface area contributed by atoms with Crippen LogP contribution in [0.2, 0.25) is 0 Å². The lowest BCUT2D eigenvalue weighted by Gasteiger charge is -1.85. The zero-order chi connectivity index (χ0) is 3.58. The highest BCUT2D eigenvalue weighted by molar-refractivity contribution is 7.64. The second-order valence-electron chi connectivity index (χ2n) is 0.224. The van der Waals surface area contributed by atoms with Crippen molar-refractivity contribution in [2.24, 2.45) is 0 Å². The van der Waals surface area contributed by atoms with Crippen LogP contribution in [0.3, 0.4) is 0 Å². The van der Waals surface area contributed by atoms with E-state index in [-0.39, 0.29) is 3.57 Å². The molecule has 0 saturated heterocycles. The zero-order valence-corrected chi connectivity index (χ0v) is 3.30. The van der Waals surface area contributed by atoms with Crippen LogP contribution in [0, 0.1) is 4.91 Å². The predicted molar refractivity (Wildman–Crippen MR) is 18.4 cm³/mol. The lowest BCUT2D eigenvalue weighted by molar-refractivity contribution is -0.148. The Morgan fingerprint density at radius 2 is 1.50 bits per heavy atom. The molecular weight excluding hydrogens is 94.1 g/mol. The van der Waals surface area contributed by atoms with Crippen molar-refractivity contribution in [2.75, 3.05) is 0 Å². The predicted octanol–water partition coefficient (Wildman–Crippen LogP) is -0.311. The highest BCUT2D eigenvalue weighted by atomic mass is 32.2. The molecule has 0 atom stereocenters. The third-order valence-electron chi connectivity index (χ3n) is 0. The van der Waals surface area contributed by atoms with Crippen LogP contribution in [0.25, 0.3) is 0 Å². The van der Waals surface area contributed by atoms with Crippen molar-refractivity contribution in [3.63, 3.8) is 0 Å². The molecule has 2 nitrogen and oxygen atoms in total. The molecule has 0 aromatic rings. The average Bonchev–Trinajstić information content (AvgIpc) is 0.811. The van der Waals surface area contributed by atoms with E-state index in [2.05, 4.69) is 25.6 Å². The van der Waals surface area contributed by atoms with Gasteiger partial charge in [-0.25, -0.2) is 0 Å². The summed E-state index contributed by atoms with van der Waals surface area (Å²) in [5.41, 5.74) is 0. The summed E-state index contributed by atoms with van der Waals surface area (Å²) in [7, 11) is 0. The lowest BCUT2D eigenvalue weighted by atomic mass is 13.7. The van der Waals surface area contributed by atoms with Crippen LogP contribution in [0.5, 0.6) is 0 Å². The SMILES string of the molecule is O=[N+]([S-])[S-]. The van der Waals surface area contributed by atoms with Gasteiger partial charge in [0.1, 0.15) is 0 Å². The molecule has 0 radical (unpaired) electrons. The summed E-state index contributed by atoms with van der Waals surface area (Å²) in [6.45, 7) is 0. The van der Waals surface area contributed by atoms with E-state index in [0.717, 1.165) is 0 Å². The van der Waals surface area contributed by atoms with Crippen LogP contribution >= 0.6 is 0 Å². The average molecular weight is 94.1 g/mol. The minimum absolute atomic E-state index is 0.0833. The van der Waals surface area contributed by atoms with Gasteiger partial charge >= 0.3 is 0 Å². The second kappa shape index (κ2) is 1.37. The van der Waals surface area contributed by atoms with Gasteiger partial charge in [0.25, 0.3) is 0 Å². The Kier molecular flexibility index (Phi) is 1.38. The van der Waals surface area contributed by atoms with Crippen LogP contribution in [0.1, 0.15) is 0 Å². The Balaban J connectivity index is 2.80. The Morgan fingerprint density at radius 3 is 1.50 bits per heavy atom. The Labute approximate surface area is 34.9 Å². The summed E-state index contributed by atoms with van der Waals surface area (Å²) in [6.07, 6.45) is 0. The number of rotatable bonds is 0. The van der Waals surface area contributed by atoms with Gasteiger partial charge in [-0.15, -0.1) is 0 Å². The zero-order valence-electron chi connectivity index (χ0n) is 1.67. The molecule has 0 amide bonds. The topological polar surface area (TPSA) is 20.1 Å². The van der Waals surface area contributed by atoms with Gasteiger partial charge < -0.3 is 25.6 Å². The number of nitrogens with zero attached hydrogens (tertiary/aromatic N) is 1. The molecule has 0 aliphatic heterocycles. The van der Waals surface area contributed by atoms with Gasteiger partial charge in [-0.1, -0.05) is 0 Å². The van der Waals surface area contributed by atoms with E-state index in [1.54, 1.807) is 0 Å². The third kappa shape index (κ3) is 1380. The lowest BCUT2D eigenvalue weighted by Crippen LogP contribution is -1.76. The fourth-order valence-corrected chi connectivity index (χ4v) is 0. The monoisotopic (exact) mass is 93.9 g/mol. The first-order chi connectivity index (χ1) is 1.73. The molecule has 0 heterocycles. The van der Waals surface area contributed by atoms with Crippen molar-refractivity contribution in [1.29, 1.82) is 0 Å². The molecule has 0 unspecified atom stereocenters. The molecule has 0 N–H and O–H groups in total. The van der Waals surface area contributed by atoms with E-state index in [1.807, 2.05) is 0 Å². The van der Waals surface area contributed by atoms with Crippen molar-refractivity contribution >= 4 is 25.6 Å². The standard InChI is InChI=1S/NOS2/c2-1(3)4/q-1. The van der Waals surface area contributed by atoms with E-state index in [9.17, 15) is 0 Å². The van der Waals surface area contributed by atoms with Crippen molar-refractivity contribution in [2.45, 2.75) is 0 Å². The van der Waals surface area contributed by atoms with E-state index >= 15 is 0 Å². The van der Waals surface area contributed by atoms with Gasteiger partial charge in [-0.2, -0.15) is 3.57 Å². The summed E-state index contributed by atoms with van der Waals surface area (Å²) in [4.78, 5) is 8.99. The van der Waals surface area contributed by atoms with E-state index in [4.69, 9.17) is 4.91 Å². The number of hydrogen-bond acceptors (Lipinski definition) is 3. The summed E-state index contributed by atoms with van der Waals surface area (Å²) in [5, 5.41) is 0. The van der Waals surface area contributed by atoms with Gasteiger partial charge in [0.15, 0.2) is 0 Å². The quantitative estimate of drug-likeness (QED) is 0.303. The van der Waals surface area contributed by atoms with Gasteiger partial charge in [-0.05, 0) is 4.91 Å². The fourth-order valence-electron chi connectivity index (χ4n) is 0. The van der Waals surface area contributed by atoms with E-state index in [1.165, 1.54) is 0 Å². The minimum atomic E-state index is -0.0833. The van der Waals surface area contributed by atoms with Crippen molar-refractivity contribution < 1.29 is 3.57 Å². The van der Waals surface area contributed by atoms with Crippen LogP contribution in [0.4, 0.5) is 0 Å². The normalized spacial score (nSPS) is 6.00. The molecule has 0 fully saturated rings. The molecule has 4 heavy (non-hydrogen) atoms. The Bertz CT molecular complexity index is 29.0. The van der Waals surface area contributed by atoms with Crippen molar-refractivity contribution in [3.8, 4) is 0 Å². The molecule has 0 bridgehead atoms. The molecule has 0 saturated carbocycles. The van der Waals surface area contributed by atoms with Crippen LogP contribution in [-0.4, -0.2) is 3.57 Å². The van der Waals surface area contributed by atoms with E-state index in [0.29, 0.717) is 0 Å². The number of nitroso groups, excluding NO2 is 1. The summed E-state index contributed by atoms with van der Waals surface area (Å²) in [5.74, 6) is 0. The molecule has 0 spiro atoms. The molecule has 24 valence electrons. The van der Waals surface area contributed by atoms with Crippen molar-refractivity contribution in [1.82, 2.24) is 0 Å². The maximum absolute atomic E-state index is 8.99. The summed E-state index contributed by atoms with van der Waals surface area (Å²) in [6, 6.07) is 0. The maximum Gasteiger partial charge on any atom is -0.0174 e. The summed E-state index contributed by atoms with van der Waals surface area (Å²) < 4.78 is -0.0833. The van der Waals surface area contributed by atoms with Gasteiger partial charge in [-0.3, -0.25) is 0 Å². The van der Waals surface area contributed by atoms with Crippen molar-refractivity contribution in [3.05, 3.63) is 4.91 Å². The van der Waals surface area contributed by atoms with Gasteiger partial charge in [0.05, 0.1) is 0 Å². The van der Waals surface area contributed by atoms with Crippen LogP contribution in [0.15, 0.2) is 0 Å². The molecule has 0 aromatic carbocycles. The smallest absolute Gasteiger partial charge is 0.0174 e. The summed E-state index contributed by atoms with van der Waals surface area (Å²) >= 11 is 7.43. The Hall–Kier alpha value is 0.0400. The highest BCUT2D eigenvalue weighted by Gasteiger charge is 1.33. The Morgan fingerprint density at radius 1 is 1.50 bits per heavy atom. The first-order valence-electron chi connectivity index (χ1n) is 0.548. The number of hydrogen-bond donors (Lipinski definition) is 0. The minimum Gasteiger partial charge on any atom is -0.393 e. The fraction of sp³-hybridized carbons (Fsp3) is 0. The first-order valence-corrected chi connectivity index (χ1v) is 1.28. The third-order valence-corrected chi connectivity index (χ3v) is 0. The van der Waals surface area contributed by atoms with Crippen LogP contribution < -0.4 is 0 Å². The van der Waals surface area contributed by atoms with Crippen LogP contribution in [-0.2, 0) is 25.6 Å². The van der Waals surface area contributed by atoms with E-state index < -0.39 is 0 Å². The molecule has 0 aromatic heterocycles. The van der Waals surface area contributed by atoms with Gasteiger partial charge in [0.2, 0.25) is 0 Å². The molecular formula is NOS2-. The molecule has 0 aliphatic carbocycles.